The van der Waals surface area contributed by atoms with Crippen molar-refractivity contribution in [1.29, 1.82) is 0 Å². The van der Waals surface area contributed by atoms with E-state index in [2.05, 4.69) is 4.72 Å². The number of benzene rings is 3. The van der Waals surface area contributed by atoms with Crippen LogP contribution in [0.3, 0.4) is 0 Å². The van der Waals surface area contributed by atoms with Gasteiger partial charge in [-0.15, -0.1) is 0 Å². The van der Waals surface area contributed by atoms with Crippen molar-refractivity contribution in [1.82, 2.24) is 4.72 Å². The number of ether oxygens (including phenoxy) is 1. The molecule has 186 valence electrons. The number of hydrogen-bond donors (Lipinski definition) is 2. The van der Waals surface area contributed by atoms with Gasteiger partial charge in [0, 0.05) is 0 Å². The van der Waals surface area contributed by atoms with Gasteiger partial charge in [0.1, 0.15) is 18.4 Å². The Bertz CT molecular complexity index is 1250. The summed E-state index contributed by atoms with van der Waals surface area (Å²) in [5, 5.41) is 9.23. The number of aliphatic carboxylic acids is 1. The van der Waals surface area contributed by atoms with Crippen LogP contribution in [0.15, 0.2) is 77.7 Å². The van der Waals surface area contributed by atoms with Crippen molar-refractivity contribution in [2.24, 2.45) is 5.92 Å². The van der Waals surface area contributed by atoms with Gasteiger partial charge in [-0.05, 0) is 59.0 Å². The molecule has 10 heteroatoms. The highest BCUT2D eigenvalue weighted by Crippen LogP contribution is 2.29. The average molecular weight is 508 g/mol. The maximum Gasteiger partial charge on any atom is 0.416 e. The summed E-state index contributed by atoms with van der Waals surface area (Å²) >= 11 is 0. The van der Waals surface area contributed by atoms with E-state index < -0.39 is 39.7 Å². The van der Waals surface area contributed by atoms with E-state index in [1.54, 1.807) is 50.2 Å². The number of halogens is 3. The highest BCUT2D eigenvalue weighted by Gasteiger charge is 2.30. The number of alkyl halides is 3. The average Bonchev–Trinajstić information content (AvgIpc) is 2.81. The van der Waals surface area contributed by atoms with Gasteiger partial charge in [0.05, 0.1) is 10.5 Å². The van der Waals surface area contributed by atoms with E-state index in [-0.39, 0.29) is 11.5 Å². The lowest BCUT2D eigenvalue weighted by atomic mass is 10.1. The lowest BCUT2D eigenvalue weighted by molar-refractivity contribution is -0.140. The number of sulfonamides is 1. The molecule has 0 heterocycles. The van der Waals surface area contributed by atoms with Gasteiger partial charge in [-0.2, -0.15) is 17.9 Å². The molecule has 0 fully saturated rings. The number of carbonyl (C=O) groups is 1. The summed E-state index contributed by atoms with van der Waals surface area (Å²) in [6.45, 7) is 3.33. The molecule has 0 bridgehead atoms. The van der Waals surface area contributed by atoms with Gasteiger partial charge in [0.25, 0.3) is 0 Å². The van der Waals surface area contributed by atoms with Crippen LogP contribution in [0.2, 0.25) is 0 Å². The minimum atomic E-state index is -4.39. The van der Waals surface area contributed by atoms with Crippen LogP contribution in [-0.4, -0.2) is 25.5 Å². The third-order valence-corrected chi connectivity index (χ3v) is 6.71. The molecule has 0 amide bonds. The van der Waals surface area contributed by atoms with Crippen LogP contribution in [0, 0.1) is 5.92 Å². The van der Waals surface area contributed by atoms with Crippen LogP contribution in [0.1, 0.15) is 25.0 Å². The molecule has 0 radical (unpaired) electrons. The first kappa shape index (κ1) is 26.2. The highest BCUT2D eigenvalue weighted by atomic mass is 32.2. The van der Waals surface area contributed by atoms with Gasteiger partial charge in [-0.25, -0.2) is 8.42 Å². The molecule has 0 aliphatic rings. The molecule has 1 atom stereocenters. The van der Waals surface area contributed by atoms with E-state index in [0.29, 0.717) is 11.3 Å². The van der Waals surface area contributed by atoms with E-state index >= 15 is 0 Å². The Balaban J connectivity index is 1.65. The Hall–Kier alpha value is -3.37. The van der Waals surface area contributed by atoms with Crippen molar-refractivity contribution < 1.29 is 36.2 Å². The molecule has 3 aromatic rings. The lowest BCUT2D eigenvalue weighted by Gasteiger charge is -2.18. The van der Waals surface area contributed by atoms with E-state index in [9.17, 15) is 31.5 Å². The largest absolute Gasteiger partial charge is 0.489 e. The van der Waals surface area contributed by atoms with E-state index in [0.717, 1.165) is 23.3 Å². The molecule has 0 aliphatic heterocycles. The van der Waals surface area contributed by atoms with Crippen molar-refractivity contribution in [3.05, 3.63) is 83.9 Å². The van der Waals surface area contributed by atoms with Crippen molar-refractivity contribution >= 4 is 16.0 Å². The van der Waals surface area contributed by atoms with Crippen molar-refractivity contribution in [3.8, 4) is 16.9 Å². The van der Waals surface area contributed by atoms with Crippen LogP contribution in [0.5, 0.6) is 5.75 Å². The molecular formula is C25H24F3NO5S. The normalized spacial score (nSPS) is 13.0. The fourth-order valence-corrected chi connectivity index (χ4v) is 4.57. The SMILES string of the molecule is CC(C)[C@@H](NS(=O)(=O)c1ccc(-c2ccc(OCc3ccc(C(F)(F)F)cc3)cc2)cc1)C(=O)O. The summed E-state index contributed by atoms with van der Waals surface area (Å²) in [6, 6.07) is 16.4. The topological polar surface area (TPSA) is 92.7 Å². The summed E-state index contributed by atoms with van der Waals surface area (Å²) in [4.78, 5) is 11.3. The minimum absolute atomic E-state index is 0.0513. The lowest BCUT2D eigenvalue weighted by Crippen LogP contribution is -2.44. The Morgan fingerprint density at radius 2 is 1.43 bits per heavy atom. The molecule has 0 spiro atoms. The zero-order valence-electron chi connectivity index (χ0n) is 18.9. The monoisotopic (exact) mass is 507 g/mol. The zero-order valence-corrected chi connectivity index (χ0v) is 19.7. The van der Waals surface area contributed by atoms with Crippen molar-refractivity contribution in [2.45, 2.75) is 37.6 Å². The fourth-order valence-electron chi connectivity index (χ4n) is 3.23. The van der Waals surface area contributed by atoms with Gasteiger partial charge in [0.2, 0.25) is 10.0 Å². The van der Waals surface area contributed by atoms with Gasteiger partial charge >= 0.3 is 12.1 Å². The van der Waals surface area contributed by atoms with Crippen molar-refractivity contribution in [3.63, 3.8) is 0 Å². The van der Waals surface area contributed by atoms with E-state index in [4.69, 9.17) is 4.74 Å². The number of hydrogen-bond acceptors (Lipinski definition) is 4. The fraction of sp³-hybridized carbons (Fsp3) is 0.240. The van der Waals surface area contributed by atoms with Gasteiger partial charge < -0.3 is 9.84 Å². The molecule has 3 rings (SSSR count). The molecular weight excluding hydrogens is 483 g/mol. The van der Waals surface area contributed by atoms with Crippen LogP contribution >= 0.6 is 0 Å². The summed E-state index contributed by atoms with van der Waals surface area (Å²) in [6.07, 6.45) is -4.39. The Morgan fingerprint density at radius 3 is 1.89 bits per heavy atom. The zero-order chi connectivity index (χ0) is 25.8. The van der Waals surface area contributed by atoms with E-state index in [1.165, 1.54) is 24.3 Å². The van der Waals surface area contributed by atoms with Gasteiger partial charge in [-0.3, -0.25) is 4.79 Å². The van der Waals surface area contributed by atoms with Gasteiger partial charge in [0.15, 0.2) is 0 Å². The Morgan fingerprint density at radius 1 is 0.914 bits per heavy atom. The third-order valence-electron chi connectivity index (χ3n) is 5.25. The number of rotatable bonds is 9. The number of nitrogens with one attached hydrogen (secondary N) is 1. The molecule has 2 N–H and O–H groups in total. The Labute approximate surface area is 201 Å². The van der Waals surface area contributed by atoms with Crippen molar-refractivity contribution in [2.75, 3.05) is 0 Å². The second-order valence-corrected chi connectivity index (χ2v) is 9.93. The summed E-state index contributed by atoms with van der Waals surface area (Å²) in [7, 11) is -4.01. The summed E-state index contributed by atoms with van der Waals surface area (Å²) in [5.74, 6) is -1.16. The molecule has 35 heavy (non-hydrogen) atoms. The Kier molecular flexibility index (Phi) is 7.86. The predicted molar refractivity (Wildman–Crippen MR) is 124 cm³/mol. The standard InChI is InChI=1S/C25H24F3NO5S/c1-16(2)23(24(30)31)29-35(32,33)22-13-7-19(8-14-22)18-5-11-21(12-6-18)34-15-17-3-9-20(10-4-17)25(26,27)28/h3-14,16,23,29H,15H2,1-2H3,(H,30,31)/t23-/m1/s1. The van der Waals surface area contributed by atoms with E-state index in [1.807, 2.05) is 0 Å². The van der Waals surface area contributed by atoms with Gasteiger partial charge in [-0.1, -0.05) is 50.2 Å². The molecule has 3 aromatic carbocycles. The molecule has 0 unspecified atom stereocenters. The number of carboxylic acids is 1. The minimum Gasteiger partial charge on any atom is -0.489 e. The number of carboxylic acid groups (broad SMARTS) is 1. The van der Waals surface area contributed by atoms with Crippen LogP contribution in [0.25, 0.3) is 11.1 Å². The molecule has 0 saturated carbocycles. The highest BCUT2D eigenvalue weighted by molar-refractivity contribution is 7.89. The second-order valence-electron chi connectivity index (χ2n) is 8.21. The van der Waals surface area contributed by atoms with Crippen LogP contribution in [0.4, 0.5) is 13.2 Å². The summed E-state index contributed by atoms with van der Waals surface area (Å²) in [5.41, 5.74) is 1.39. The smallest absolute Gasteiger partial charge is 0.416 e. The second kappa shape index (κ2) is 10.5. The maximum atomic E-state index is 12.7. The maximum absolute atomic E-state index is 12.7. The quantitative estimate of drug-likeness (QED) is 0.408. The molecule has 0 aliphatic carbocycles. The molecule has 0 saturated heterocycles. The molecule has 6 nitrogen and oxygen atoms in total. The predicted octanol–water partition coefficient (Wildman–Crippen LogP) is 5.34. The van der Waals surface area contributed by atoms with Crippen LogP contribution in [-0.2, 0) is 27.6 Å². The summed E-state index contributed by atoms with van der Waals surface area (Å²) < 4.78 is 70.9. The third kappa shape index (κ3) is 6.83. The van der Waals surface area contributed by atoms with Crippen LogP contribution < -0.4 is 9.46 Å². The first-order valence-electron chi connectivity index (χ1n) is 10.6. The molecule has 0 aromatic heterocycles. The first-order chi connectivity index (χ1) is 16.4. The first-order valence-corrected chi connectivity index (χ1v) is 12.1.